The molecule has 0 aliphatic carbocycles. The Morgan fingerprint density at radius 3 is 3.25 bits per heavy atom. The molecule has 1 saturated heterocycles. The van der Waals surface area contributed by atoms with Gasteiger partial charge in [-0.2, -0.15) is 5.26 Å². The molecule has 4 nitrogen and oxygen atoms in total. The van der Waals surface area contributed by atoms with Crippen molar-refractivity contribution in [2.45, 2.75) is 25.3 Å². The summed E-state index contributed by atoms with van der Waals surface area (Å²) >= 11 is 0. The molecule has 4 heteroatoms. The highest BCUT2D eigenvalue weighted by Gasteiger charge is 2.12. The molecule has 2 heterocycles. The summed E-state index contributed by atoms with van der Waals surface area (Å²) in [6.45, 7) is 2.05. The minimum absolute atomic E-state index is 0.462. The smallest absolute Gasteiger partial charge is 0.142 e. The van der Waals surface area contributed by atoms with E-state index in [1.165, 1.54) is 12.8 Å². The van der Waals surface area contributed by atoms with Crippen LogP contribution >= 0.6 is 0 Å². The number of rotatable bonds is 4. The van der Waals surface area contributed by atoms with Gasteiger partial charge in [0, 0.05) is 12.6 Å². The fourth-order valence-corrected chi connectivity index (χ4v) is 1.97. The lowest BCUT2D eigenvalue weighted by Gasteiger charge is -2.10. The van der Waals surface area contributed by atoms with Gasteiger partial charge < -0.3 is 10.6 Å². The summed E-state index contributed by atoms with van der Waals surface area (Å²) in [5, 5.41) is 15.4. The first-order chi connectivity index (χ1) is 7.88. The monoisotopic (exact) mass is 216 g/mol. The molecule has 0 radical (unpaired) electrons. The number of nitrogens with one attached hydrogen (secondary N) is 2. The van der Waals surface area contributed by atoms with Gasteiger partial charge in [-0.15, -0.1) is 0 Å². The predicted octanol–water partition coefficient (Wildman–Crippen LogP) is 1.51. The molecule has 1 fully saturated rings. The average molecular weight is 216 g/mol. The SMILES string of the molecule is N#Cc1cccc(NCC[C@@H]2CCCN2)n1. The second-order valence-corrected chi connectivity index (χ2v) is 4.03. The summed E-state index contributed by atoms with van der Waals surface area (Å²) in [6, 6.07) is 8.13. The normalized spacial score (nSPS) is 19.3. The van der Waals surface area contributed by atoms with Crippen molar-refractivity contribution < 1.29 is 0 Å². The van der Waals surface area contributed by atoms with Gasteiger partial charge in [-0.25, -0.2) is 4.98 Å². The van der Waals surface area contributed by atoms with Crippen LogP contribution in [0.5, 0.6) is 0 Å². The second-order valence-electron chi connectivity index (χ2n) is 4.03. The number of aromatic nitrogens is 1. The van der Waals surface area contributed by atoms with E-state index in [-0.39, 0.29) is 0 Å². The quantitative estimate of drug-likeness (QED) is 0.801. The Bertz CT molecular complexity index is 377. The van der Waals surface area contributed by atoms with Gasteiger partial charge in [0.05, 0.1) is 0 Å². The van der Waals surface area contributed by atoms with Crippen LogP contribution in [0, 0.1) is 11.3 Å². The van der Waals surface area contributed by atoms with Crippen LogP contribution in [0.25, 0.3) is 0 Å². The van der Waals surface area contributed by atoms with Crippen LogP contribution in [-0.4, -0.2) is 24.1 Å². The topological polar surface area (TPSA) is 60.7 Å². The maximum Gasteiger partial charge on any atom is 0.142 e. The van der Waals surface area contributed by atoms with Crippen molar-refractivity contribution in [2.75, 3.05) is 18.4 Å². The van der Waals surface area contributed by atoms with E-state index in [0.717, 1.165) is 25.3 Å². The summed E-state index contributed by atoms with van der Waals surface area (Å²) in [5.41, 5.74) is 0.462. The van der Waals surface area contributed by atoms with Gasteiger partial charge >= 0.3 is 0 Å². The summed E-state index contributed by atoms with van der Waals surface area (Å²) in [6.07, 6.45) is 3.67. The van der Waals surface area contributed by atoms with Crippen molar-refractivity contribution in [1.82, 2.24) is 10.3 Å². The molecule has 1 aromatic rings. The molecule has 0 spiro atoms. The first-order valence-corrected chi connectivity index (χ1v) is 5.73. The van der Waals surface area contributed by atoms with Crippen molar-refractivity contribution in [3.8, 4) is 6.07 Å². The Kier molecular flexibility index (Phi) is 3.73. The van der Waals surface area contributed by atoms with E-state index in [9.17, 15) is 0 Å². The van der Waals surface area contributed by atoms with Crippen molar-refractivity contribution >= 4 is 5.82 Å². The van der Waals surface area contributed by atoms with Gasteiger partial charge in [-0.3, -0.25) is 0 Å². The highest BCUT2D eigenvalue weighted by Crippen LogP contribution is 2.09. The van der Waals surface area contributed by atoms with Gasteiger partial charge in [0.15, 0.2) is 0 Å². The molecule has 1 aliphatic rings. The number of anilines is 1. The molecule has 0 amide bonds. The molecular formula is C12H16N4. The van der Waals surface area contributed by atoms with E-state index in [4.69, 9.17) is 5.26 Å². The van der Waals surface area contributed by atoms with E-state index < -0.39 is 0 Å². The van der Waals surface area contributed by atoms with Gasteiger partial charge in [-0.1, -0.05) is 6.07 Å². The first-order valence-electron chi connectivity index (χ1n) is 5.73. The van der Waals surface area contributed by atoms with Crippen LogP contribution < -0.4 is 10.6 Å². The van der Waals surface area contributed by atoms with E-state index in [1.54, 1.807) is 6.07 Å². The maximum atomic E-state index is 8.71. The van der Waals surface area contributed by atoms with Crippen molar-refractivity contribution in [3.63, 3.8) is 0 Å². The number of pyridine rings is 1. The van der Waals surface area contributed by atoms with Gasteiger partial charge in [-0.05, 0) is 37.9 Å². The second kappa shape index (κ2) is 5.47. The minimum Gasteiger partial charge on any atom is -0.370 e. The van der Waals surface area contributed by atoms with Crippen molar-refractivity contribution in [2.24, 2.45) is 0 Å². The Hall–Kier alpha value is -1.60. The summed E-state index contributed by atoms with van der Waals surface area (Å²) < 4.78 is 0. The largest absolute Gasteiger partial charge is 0.370 e. The lowest BCUT2D eigenvalue weighted by Crippen LogP contribution is -2.24. The molecule has 84 valence electrons. The van der Waals surface area contributed by atoms with E-state index in [0.29, 0.717) is 11.7 Å². The van der Waals surface area contributed by atoms with Gasteiger partial charge in [0.25, 0.3) is 0 Å². The number of hydrogen-bond acceptors (Lipinski definition) is 4. The molecule has 2 N–H and O–H groups in total. The zero-order valence-electron chi connectivity index (χ0n) is 9.24. The van der Waals surface area contributed by atoms with Gasteiger partial charge in [0.2, 0.25) is 0 Å². The van der Waals surface area contributed by atoms with E-state index >= 15 is 0 Å². The molecule has 0 saturated carbocycles. The molecular weight excluding hydrogens is 200 g/mol. The van der Waals surface area contributed by atoms with Crippen molar-refractivity contribution in [1.29, 1.82) is 5.26 Å². The number of nitrogens with zero attached hydrogens (tertiary/aromatic N) is 2. The Morgan fingerprint density at radius 1 is 1.56 bits per heavy atom. The zero-order valence-corrected chi connectivity index (χ0v) is 9.24. The van der Waals surface area contributed by atoms with E-state index in [1.807, 2.05) is 18.2 Å². The Balaban J connectivity index is 1.78. The van der Waals surface area contributed by atoms with Crippen LogP contribution in [0.1, 0.15) is 25.0 Å². The third-order valence-electron chi connectivity index (χ3n) is 2.82. The zero-order chi connectivity index (χ0) is 11.2. The Labute approximate surface area is 95.7 Å². The molecule has 1 aromatic heterocycles. The molecule has 0 bridgehead atoms. The number of nitriles is 1. The van der Waals surface area contributed by atoms with Crippen LogP contribution in [0.3, 0.4) is 0 Å². The lowest BCUT2D eigenvalue weighted by molar-refractivity contribution is 0.574. The number of hydrogen-bond donors (Lipinski definition) is 2. The molecule has 16 heavy (non-hydrogen) atoms. The molecule has 2 rings (SSSR count). The third-order valence-corrected chi connectivity index (χ3v) is 2.82. The van der Waals surface area contributed by atoms with Crippen LogP contribution in [0.15, 0.2) is 18.2 Å². The van der Waals surface area contributed by atoms with Crippen LogP contribution in [-0.2, 0) is 0 Å². The van der Waals surface area contributed by atoms with Crippen molar-refractivity contribution in [3.05, 3.63) is 23.9 Å². The fourth-order valence-electron chi connectivity index (χ4n) is 1.97. The molecule has 1 atom stereocenters. The minimum atomic E-state index is 0.462. The highest BCUT2D eigenvalue weighted by atomic mass is 15.0. The van der Waals surface area contributed by atoms with E-state index in [2.05, 4.69) is 15.6 Å². The summed E-state index contributed by atoms with van der Waals surface area (Å²) in [7, 11) is 0. The molecule has 1 aliphatic heterocycles. The highest BCUT2D eigenvalue weighted by molar-refractivity contribution is 5.38. The lowest BCUT2D eigenvalue weighted by atomic mass is 10.1. The first kappa shape index (κ1) is 10.9. The third kappa shape index (κ3) is 2.94. The fraction of sp³-hybridized carbons (Fsp3) is 0.500. The summed E-state index contributed by atoms with van der Waals surface area (Å²) in [5.74, 6) is 0.789. The summed E-state index contributed by atoms with van der Waals surface area (Å²) in [4.78, 5) is 4.16. The van der Waals surface area contributed by atoms with Crippen LogP contribution in [0.2, 0.25) is 0 Å². The van der Waals surface area contributed by atoms with Gasteiger partial charge in [0.1, 0.15) is 17.6 Å². The molecule has 0 unspecified atom stereocenters. The Morgan fingerprint density at radius 2 is 2.50 bits per heavy atom. The standard InChI is InChI=1S/C12H16N4/c13-9-11-3-1-5-12(16-11)15-8-6-10-4-2-7-14-10/h1,3,5,10,14H,2,4,6-8H2,(H,15,16)/t10-/m0/s1. The molecule has 0 aromatic carbocycles. The van der Waals surface area contributed by atoms with Crippen LogP contribution in [0.4, 0.5) is 5.82 Å². The average Bonchev–Trinajstić information content (AvgIpc) is 2.82. The predicted molar refractivity (Wildman–Crippen MR) is 63.1 cm³/mol. The maximum absolute atomic E-state index is 8.71.